The lowest BCUT2D eigenvalue weighted by molar-refractivity contribution is -0.136. The molecule has 23 heavy (non-hydrogen) atoms. The van der Waals surface area contributed by atoms with E-state index in [4.69, 9.17) is 5.11 Å². The van der Waals surface area contributed by atoms with Crippen LogP contribution in [0.25, 0.3) is 22.0 Å². The molecule has 0 unspecified atom stereocenters. The van der Waals surface area contributed by atoms with Crippen molar-refractivity contribution >= 4 is 22.8 Å². The number of hydrogen-bond donors (Lipinski definition) is 3. The number of aliphatic carboxylic acids is 1. The van der Waals surface area contributed by atoms with Crippen molar-refractivity contribution < 1.29 is 19.8 Å². The lowest BCUT2D eigenvalue weighted by atomic mass is 10.0. The summed E-state index contributed by atoms with van der Waals surface area (Å²) in [5, 5.41) is 18.9. The summed E-state index contributed by atoms with van der Waals surface area (Å²) in [5.74, 6) is -2.03. The molecule has 5 heteroatoms. The number of hydrogen-bond acceptors (Lipinski definition) is 2. The van der Waals surface area contributed by atoms with Gasteiger partial charge in [0.15, 0.2) is 0 Å². The Balaban J connectivity index is 2.10. The molecule has 3 aromatic rings. The highest BCUT2D eigenvalue weighted by Gasteiger charge is 2.18. The van der Waals surface area contributed by atoms with Crippen molar-refractivity contribution in [1.82, 2.24) is 4.98 Å². The molecule has 0 radical (unpaired) electrons. The third-order valence-corrected chi connectivity index (χ3v) is 3.82. The van der Waals surface area contributed by atoms with Gasteiger partial charge in [-0.1, -0.05) is 42.5 Å². The highest BCUT2D eigenvalue weighted by atomic mass is 16.4. The van der Waals surface area contributed by atoms with Crippen LogP contribution in [0, 0.1) is 0 Å². The van der Waals surface area contributed by atoms with Crippen LogP contribution in [0.3, 0.4) is 0 Å². The van der Waals surface area contributed by atoms with Crippen molar-refractivity contribution in [2.45, 2.75) is 12.8 Å². The molecular formula is C18H15NO4. The van der Waals surface area contributed by atoms with Gasteiger partial charge in [-0.3, -0.25) is 4.79 Å². The Morgan fingerprint density at radius 1 is 0.957 bits per heavy atom. The van der Waals surface area contributed by atoms with Crippen molar-refractivity contribution in [3.05, 3.63) is 59.8 Å². The largest absolute Gasteiger partial charge is 0.481 e. The van der Waals surface area contributed by atoms with Crippen molar-refractivity contribution in [1.29, 1.82) is 0 Å². The van der Waals surface area contributed by atoms with Crippen LogP contribution in [0.15, 0.2) is 48.5 Å². The average molecular weight is 309 g/mol. The van der Waals surface area contributed by atoms with E-state index in [0.717, 1.165) is 16.5 Å². The first-order valence-corrected chi connectivity index (χ1v) is 7.21. The van der Waals surface area contributed by atoms with Gasteiger partial charge in [-0.25, -0.2) is 4.79 Å². The summed E-state index contributed by atoms with van der Waals surface area (Å²) in [5.41, 5.74) is 3.30. The number of aromatic nitrogens is 1. The van der Waals surface area contributed by atoms with Gasteiger partial charge in [-0.15, -0.1) is 0 Å². The van der Waals surface area contributed by atoms with Crippen LogP contribution in [0.1, 0.15) is 22.5 Å². The number of carboxylic acid groups (broad SMARTS) is 2. The normalized spacial score (nSPS) is 10.8. The predicted molar refractivity (Wildman–Crippen MR) is 86.7 cm³/mol. The highest BCUT2D eigenvalue weighted by Crippen LogP contribution is 2.29. The van der Waals surface area contributed by atoms with Gasteiger partial charge in [-0.2, -0.15) is 0 Å². The molecule has 2 aromatic carbocycles. The van der Waals surface area contributed by atoms with E-state index >= 15 is 0 Å². The minimum Gasteiger partial charge on any atom is -0.481 e. The van der Waals surface area contributed by atoms with E-state index in [0.29, 0.717) is 11.1 Å². The minimum atomic E-state index is -1.08. The smallest absolute Gasteiger partial charge is 0.352 e. The van der Waals surface area contributed by atoms with Gasteiger partial charge in [0.2, 0.25) is 0 Å². The fourth-order valence-corrected chi connectivity index (χ4v) is 2.74. The number of rotatable bonds is 5. The van der Waals surface area contributed by atoms with Gasteiger partial charge in [0.25, 0.3) is 0 Å². The van der Waals surface area contributed by atoms with Crippen molar-refractivity contribution in [3.63, 3.8) is 0 Å². The Bertz CT molecular complexity index is 881. The summed E-state index contributed by atoms with van der Waals surface area (Å²) in [6.45, 7) is 0. The topological polar surface area (TPSA) is 90.4 Å². The number of benzene rings is 2. The molecule has 116 valence electrons. The predicted octanol–water partition coefficient (Wildman–Crippen LogP) is 3.55. The molecule has 0 aliphatic heterocycles. The Morgan fingerprint density at radius 2 is 1.70 bits per heavy atom. The van der Waals surface area contributed by atoms with Gasteiger partial charge in [-0.05, 0) is 29.2 Å². The van der Waals surface area contributed by atoms with Gasteiger partial charge in [0, 0.05) is 17.3 Å². The molecule has 0 atom stereocenters. The number of nitrogens with one attached hydrogen (secondary N) is 1. The first-order valence-electron chi connectivity index (χ1n) is 7.21. The lowest BCUT2D eigenvalue weighted by Gasteiger charge is -2.02. The zero-order valence-corrected chi connectivity index (χ0v) is 12.2. The Kier molecular flexibility index (Phi) is 3.85. The standard InChI is InChI=1S/C18H15NO4/c20-16(21)9-8-14-13-7-6-12(11-4-2-1-3-5-11)10-15(13)19-17(14)18(22)23/h1-7,10,19H,8-9H2,(H,20,21)(H,22,23). The molecular weight excluding hydrogens is 294 g/mol. The van der Waals surface area contributed by atoms with Crippen molar-refractivity contribution in [3.8, 4) is 11.1 Å². The van der Waals surface area contributed by atoms with Crippen LogP contribution in [0.4, 0.5) is 0 Å². The van der Waals surface area contributed by atoms with Gasteiger partial charge in [0.05, 0.1) is 0 Å². The lowest BCUT2D eigenvalue weighted by Crippen LogP contribution is -2.04. The Morgan fingerprint density at radius 3 is 2.35 bits per heavy atom. The molecule has 0 spiro atoms. The minimum absolute atomic E-state index is 0.0615. The summed E-state index contributed by atoms with van der Waals surface area (Å²) >= 11 is 0. The summed E-state index contributed by atoms with van der Waals surface area (Å²) in [6.07, 6.45) is 0.0787. The highest BCUT2D eigenvalue weighted by molar-refractivity contribution is 5.98. The summed E-state index contributed by atoms with van der Waals surface area (Å²) in [4.78, 5) is 25.1. The van der Waals surface area contributed by atoms with Crippen LogP contribution in [0.2, 0.25) is 0 Å². The molecule has 3 rings (SSSR count). The quantitative estimate of drug-likeness (QED) is 0.672. The number of aromatic amines is 1. The molecule has 0 bridgehead atoms. The maximum atomic E-state index is 11.4. The van der Waals surface area contributed by atoms with Crippen molar-refractivity contribution in [2.24, 2.45) is 0 Å². The molecule has 0 fully saturated rings. The second kappa shape index (κ2) is 5.96. The van der Waals surface area contributed by atoms with Gasteiger partial charge in [0.1, 0.15) is 5.69 Å². The number of aryl methyl sites for hydroxylation is 1. The van der Waals surface area contributed by atoms with E-state index in [-0.39, 0.29) is 18.5 Å². The molecule has 0 saturated carbocycles. The molecule has 0 aliphatic carbocycles. The van der Waals surface area contributed by atoms with E-state index in [2.05, 4.69) is 4.98 Å². The number of H-pyrrole nitrogens is 1. The number of carbonyl (C=O) groups is 2. The molecule has 1 heterocycles. The second-order valence-electron chi connectivity index (χ2n) is 5.30. The zero-order valence-electron chi connectivity index (χ0n) is 12.2. The average Bonchev–Trinajstić information content (AvgIpc) is 2.91. The molecule has 0 aliphatic rings. The number of fused-ring (bicyclic) bond motifs is 1. The number of aromatic carboxylic acids is 1. The summed E-state index contributed by atoms with van der Waals surface area (Å²) in [6, 6.07) is 15.4. The Hall–Kier alpha value is -3.08. The third-order valence-electron chi connectivity index (χ3n) is 3.82. The van der Waals surface area contributed by atoms with Crippen LogP contribution < -0.4 is 0 Å². The fourth-order valence-electron chi connectivity index (χ4n) is 2.74. The van der Waals surface area contributed by atoms with E-state index in [9.17, 15) is 14.7 Å². The molecule has 1 aromatic heterocycles. The van der Waals surface area contributed by atoms with E-state index in [1.54, 1.807) is 0 Å². The first-order chi connectivity index (χ1) is 11.1. The monoisotopic (exact) mass is 309 g/mol. The molecule has 5 nitrogen and oxygen atoms in total. The first kappa shape index (κ1) is 14.8. The second-order valence-corrected chi connectivity index (χ2v) is 5.30. The van der Waals surface area contributed by atoms with E-state index < -0.39 is 11.9 Å². The van der Waals surface area contributed by atoms with Gasteiger partial charge < -0.3 is 15.2 Å². The SMILES string of the molecule is O=C(O)CCc1c(C(=O)O)[nH]c2cc(-c3ccccc3)ccc12. The van der Waals surface area contributed by atoms with Gasteiger partial charge >= 0.3 is 11.9 Å². The van der Waals surface area contributed by atoms with Crippen LogP contribution >= 0.6 is 0 Å². The third kappa shape index (κ3) is 2.94. The van der Waals surface area contributed by atoms with Crippen LogP contribution in [-0.2, 0) is 11.2 Å². The van der Waals surface area contributed by atoms with E-state index in [1.165, 1.54) is 0 Å². The molecule has 3 N–H and O–H groups in total. The fraction of sp³-hybridized carbons (Fsp3) is 0.111. The molecule has 0 amide bonds. The van der Waals surface area contributed by atoms with Crippen LogP contribution in [-0.4, -0.2) is 27.1 Å². The summed E-state index contributed by atoms with van der Waals surface area (Å²) in [7, 11) is 0. The Labute approximate surface area is 132 Å². The van der Waals surface area contributed by atoms with Crippen molar-refractivity contribution in [2.75, 3.05) is 0 Å². The maximum absolute atomic E-state index is 11.4. The van der Waals surface area contributed by atoms with Crippen LogP contribution in [0.5, 0.6) is 0 Å². The summed E-state index contributed by atoms with van der Waals surface area (Å²) < 4.78 is 0. The molecule has 0 saturated heterocycles. The number of carboxylic acids is 2. The van der Waals surface area contributed by atoms with E-state index in [1.807, 2.05) is 48.5 Å². The maximum Gasteiger partial charge on any atom is 0.352 e. The zero-order chi connectivity index (χ0) is 16.4.